The fourth-order valence-electron chi connectivity index (χ4n) is 1.98. The Morgan fingerprint density at radius 3 is 2.83 bits per heavy atom. The van der Waals surface area contributed by atoms with E-state index in [-0.39, 0.29) is 5.91 Å². The topological polar surface area (TPSA) is 48.5 Å². The Hall–Kier alpha value is -1.46. The first-order chi connectivity index (χ1) is 8.75. The van der Waals surface area contributed by atoms with Gasteiger partial charge < -0.3 is 15.1 Å². The largest absolute Gasteiger partial charge is 0.339 e. The quantitative estimate of drug-likeness (QED) is 0.811. The van der Waals surface area contributed by atoms with Gasteiger partial charge in [0.2, 0.25) is 5.91 Å². The summed E-state index contributed by atoms with van der Waals surface area (Å²) in [7, 11) is 2.09. The number of hydrogen-bond donors (Lipinski definition) is 1. The second kappa shape index (κ2) is 6.47. The Labute approximate surface area is 108 Å². The number of rotatable bonds is 4. The van der Waals surface area contributed by atoms with Crippen LogP contribution in [0.2, 0.25) is 0 Å². The van der Waals surface area contributed by atoms with Gasteiger partial charge in [-0.2, -0.15) is 0 Å². The Morgan fingerprint density at radius 1 is 1.39 bits per heavy atom. The molecule has 0 spiro atoms. The van der Waals surface area contributed by atoms with Gasteiger partial charge in [-0.25, -0.2) is 0 Å². The second-order valence-electron chi connectivity index (χ2n) is 4.65. The number of nitrogens with zero attached hydrogens (tertiary/aromatic N) is 3. The fourth-order valence-corrected chi connectivity index (χ4v) is 1.98. The highest BCUT2D eigenvalue weighted by atomic mass is 16.2. The highest BCUT2D eigenvalue weighted by molar-refractivity contribution is 5.78. The van der Waals surface area contributed by atoms with Crippen molar-refractivity contribution < 1.29 is 4.79 Å². The lowest BCUT2D eigenvalue weighted by molar-refractivity contribution is -0.131. The number of pyridine rings is 1. The third kappa shape index (κ3) is 3.78. The summed E-state index contributed by atoms with van der Waals surface area (Å²) >= 11 is 0. The summed E-state index contributed by atoms with van der Waals surface area (Å²) in [5.41, 5.74) is 1.10. The molecule has 98 valence electrons. The second-order valence-corrected chi connectivity index (χ2v) is 4.65. The van der Waals surface area contributed by atoms with Crippen molar-refractivity contribution in [3.63, 3.8) is 0 Å². The summed E-state index contributed by atoms with van der Waals surface area (Å²) in [6.07, 6.45) is 3.56. The molecular formula is C13H20N4O. The first-order valence-corrected chi connectivity index (χ1v) is 6.31. The van der Waals surface area contributed by atoms with Crippen LogP contribution in [0.4, 0.5) is 0 Å². The lowest BCUT2D eigenvalue weighted by atomic mass is 10.3. The molecule has 2 rings (SSSR count). The standard InChI is InChI=1S/C13H20N4O/c1-16-5-7-17(8-6-16)13(18)11-15-10-12-3-2-4-14-9-12/h2-4,9,15H,5-8,10-11H2,1H3. The van der Waals surface area contributed by atoms with E-state index >= 15 is 0 Å². The van der Waals surface area contributed by atoms with Crippen LogP contribution in [0.3, 0.4) is 0 Å². The third-order valence-electron chi connectivity index (χ3n) is 3.18. The van der Waals surface area contributed by atoms with Gasteiger partial charge in [-0.3, -0.25) is 9.78 Å². The molecule has 0 aromatic carbocycles. The number of piperazine rings is 1. The molecule has 1 amide bonds. The lowest BCUT2D eigenvalue weighted by Gasteiger charge is -2.32. The van der Waals surface area contributed by atoms with Gasteiger partial charge in [-0.05, 0) is 18.7 Å². The summed E-state index contributed by atoms with van der Waals surface area (Å²) in [5, 5.41) is 3.17. The first kappa shape index (κ1) is 13.0. The van der Waals surface area contributed by atoms with E-state index in [2.05, 4.69) is 22.2 Å². The lowest BCUT2D eigenvalue weighted by Crippen LogP contribution is -2.49. The van der Waals surface area contributed by atoms with Crippen LogP contribution in [0.25, 0.3) is 0 Å². The summed E-state index contributed by atoms with van der Waals surface area (Å²) in [4.78, 5) is 20.1. The monoisotopic (exact) mass is 248 g/mol. The predicted molar refractivity (Wildman–Crippen MR) is 70.0 cm³/mol. The van der Waals surface area contributed by atoms with Crippen molar-refractivity contribution in [3.8, 4) is 0 Å². The number of nitrogens with one attached hydrogen (secondary N) is 1. The van der Waals surface area contributed by atoms with Crippen LogP contribution in [0, 0.1) is 0 Å². The molecular weight excluding hydrogens is 228 g/mol. The van der Waals surface area contributed by atoms with Crippen LogP contribution >= 0.6 is 0 Å². The molecule has 1 N–H and O–H groups in total. The van der Waals surface area contributed by atoms with Crippen molar-refractivity contribution in [1.29, 1.82) is 0 Å². The molecule has 0 radical (unpaired) electrons. The van der Waals surface area contributed by atoms with Crippen LogP contribution in [-0.4, -0.2) is 60.5 Å². The maximum Gasteiger partial charge on any atom is 0.236 e. The predicted octanol–water partition coefficient (Wildman–Crippen LogP) is -0.0548. The molecule has 1 fully saturated rings. The minimum atomic E-state index is 0.187. The van der Waals surface area contributed by atoms with Crippen LogP contribution in [0.1, 0.15) is 5.56 Å². The molecule has 0 atom stereocenters. The van der Waals surface area contributed by atoms with Gasteiger partial charge in [0.15, 0.2) is 0 Å². The number of hydrogen-bond acceptors (Lipinski definition) is 4. The van der Waals surface area contributed by atoms with Crippen molar-refractivity contribution in [3.05, 3.63) is 30.1 Å². The average molecular weight is 248 g/mol. The van der Waals surface area contributed by atoms with Crippen molar-refractivity contribution in [1.82, 2.24) is 20.1 Å². The highest BCUT2D eigenvalue weighted by Gasteiger charge is 2.18. The summed E-state index contributed by atoms with van der Waals surface area (Å²) in [6, 6.07) is 3.90. The Morgan fingerprint density at radius 2 is 2.17 bits per heavy atom. The zero-order valence-corrected chi connectivity index (χ0v) is 10.8. The molecule has 1 aromatic rings. The first-order valence-electron chi connectivity index (χ1n) is 6.31. The Kier molecular flexibility index (Phi) is 4.66. The summed E-state index contributed by atoms with van der Waals surface area (Å²) in [6.45, 7) is 4.70. The van der Waals surface area contributed by atoms with Crippen LogP contribution in [0.15, 0.2) is 24.5 Å². The molecule has 0 aliphatic carbocycles. The van der Waals surface area contributed by atoms with Crippen LogP contribution in [0.5, 0.6) is 0 Å². The van der Waals surface area contributed by atoms with Gasteiger partial charge >= 0.3 is 0 Å². The van der Waals surface area contributed by atoms with Gasteiger partial charge in [-0.15, -0.1) is 0 Å². The van der Waals surface area contributed by atoms with Gasteiger partial charge in [0.05, 0.1) is 6.54 Å². The fraction of sp³-hybridized carbons (Fsp3) is 0.538. The number of aromatic nitrogens is 1. The number of likely N-dealkylation sites (N-methyl/N-ethyl adjacent to an activating group) is 1. The number of carbonyl (C=O) groups is 1. The van der Waals surface area contributed by atoms with Gasteiger partial charge in [0.1, 0.15) is 0 Å². The van der Waals surface area contributed by atoms with E-state index in [9.17, 15) is 4.79 Å². The highest BCUT2D eigenvalue weighted by Crippen LogP contribution is 1.99. The van der Waals surface area contributed by atoms with E-state index in [1.165, 1.54) is 0 Å². The normalized spacial score (nSPS) is 16.8. The molecule has 2 heterocycles. The van der Waals surface area contributed by atoms with Crippen molar-refractivity contribution in [2.75, 3.05) is 39.8 Å². The zero-order chi connectivity index (χ0) is 12.8. The minimum absolute atomic E-state index is 0.187. The molecule has 0 saturated carbocycles. The molecule has 18 heavy (non-hydrogen) atoms. The van der Waals surface area contributed by atoms with Crippen LogP contribution in [-0.2, 0) is 11.3 Å². The van der Waals surface area contributed by atoms with Crippen molar-refractivity contribution in [2.45, 2.75) is 6.54 Å². The van der Waals surface area contributed by atoms with E-state index in [0.29, 0.717) is 13.1 Å². The summed E-state index contributed by atoms with van der Waals surface area (Å²) < 4.78 is 0. The average Bonchev–Trinajstić information content (AvgIpc) is 2.40. The molecule has 1 aromatic heterocycles. The molecule has 5 heteroatoms. The van der Waals surface area contributed by atoms with E-state index in [1.807, 2.05) is 23.2 Å². The molecule has 0 unspecified atom stereocenters. The SMILES string of the molecule is CN1CCN(C(=O)CNCc2cccnc2)CC1. The Balaban J connectivity index is 1.69. The third-order valence-corrected chi connectivity index (χ3v) is 3.18. The zero-order valence-electron chi connectivity index (χ0n) is 10.8. The molecule has 1 aliphatic heterocycles. The summed E-state index contributed by atoms with van der Waals surface area (Å²) in [5.74, 6) is 0.187. The van der Waals surface area contributed by atoms with E-state index in [0.717, 1.165) is 31.7 Å². The van der Waals surface area contributed by atoms with Crippen LogP contribution < -0.4 is 5.32 Å². The maximum absolute atomic E-state index is 11.9. The van der Waals surface area contributed by atoms with Crippen molar-refractivity contribution in [2.24, 2.45) is 0 Å². The number of amides is 1. The van der Waals surface area contributed by atoms with Crippen molar-refractivity contribution >= 4 is 5.91 Å². The minimum Gasteiger partial charge on any atom is -0.339 e. The maximum atomic E-state index is 11.9. The van der Waals surface area contributed by atoms with E-state index in [1.54, 1.807) is 6.20 Å². The van der Waals surface area contributed by atoms with E-state index < -0.39 is 0 Å². The molecule has 5 nitrogen and oxygen atoms in total. The Bertz CT molecular complexity index is 374. The number of carbonyl (C=O) groups excluding carboxylic acids is 1. The van der Waals surface area contributed by atoms with Gasteiger partial charge in [-0.1, -0.05) is 6.07 Å². The molecule has 1 aliphatic rings. The smallest absolute Gasteiger partial charge is 0.236 e. The molecule has 1 saturated heterocycles. The molecule has 0 bridgehead atoms. The van der Waals surface area contributed by atoms with E-state index in [4.69, 9.17) is 0 Å². The van der Waals surface area contributed by atoms with Gasteiger partial charge in [0.25, 0.3) is 0 Å². The van der Waals surface area contributed by atoms with Gasteiger partial charge in [0, 0.05) is 45.1 Å².